The maximum Gasteiger partial charge on any atom is 0.276 e. The van der Waals surface area contributed by atoms with Gasteiger partial charge in [-0.3, -0.25) is 9.59 Å². The van der Waals surface area contributed by atoms with E-state index in [-0.39, 0.29) is 11.3 Å². The van der Waals surface area contributed by atoms with Crippen molar-refractivity contribution < 1.29 is 9.59 Å². The van der Waals surface area contributed by atoms with Crippen LogP contribution in [0.5, 0.6) is 0 Å². The summed E-state index contributed by atoms with van der Waals surface area (Å²) in [7, 11) is 3.85. The van der Waals surface area contributed by atoms with Crippen LogP contribution < -0.4 is 10.5 Å². The van der Waals surface area contributed by atoms with Gasteiger partial charge in [-0.05, 0) is 26.0 Å². The van der Waals surface area contributed by atoms with E-state index >= 15 is 0 Å². The highest BCUT2D eigenvalue weighted by Crippen LogP contribution is 2.10. The largest absolute Gasteiger partial charge is 0.361 e. The second-order valence-corrected chi connectivity index (χ2v) is 4.68. The summed E-state index contributed by atoms with van der Waals surface area (Å²) < 4.78 is 2.51. The maximum atomic E-state index is 10.5. The fourth-order valence-electron chi connectivity index (χ4n) is 0.703. The van der Waals surface area contributed by atoms with E-state index in [1.54, 1.807) is 0 Å². The zero-order valence-electron chi connectivity index (χ0n) is 8.23. The molecule has 0 fully saturated rings. The average Bonchev–Trinajstić information content (AvgIpc) is 2.10. The molecule has 0 saturated carbocycles. The van der Waals surface area contributed by atoms with Crippen molar-refractivity contribution in [2.75, 3.05) is 25.6 Å². The van der Waals surface area contributed by atoms with Crippen molar-refractivity contribution >= 4 is 35.4 Å². The van der Waals surface area contributed by atoms with Crippen LogP contribution >= 0.6 is 23.7 Å². The minimum absolute atomic E-state index is 0.213. The Hall–Kier alpha value is -0.400. The zero-order valence-corrected chi connectivity index (χ0v) is 9.86. The van der Waals surface area contributed by atoms with Crippen LogP contribution in [0.3, 0.4) is 0 Å². The van der Waals surface area contributed by atoms with Crippen LogP contribution in [0.1, 0.15) is 0 Å². The monoisotopic (exact) mass is 237 g/mol. The topological polar surface area (TPSA) is 75.4 Å². The smallest absolute Gasteiger partial charge is 0.276 e. The summed E-state index contributed by atoms with van der Waals surface area (Å²) in [6.45, 7) is 0. The van der Waals surface area contributed by atoms with E-state index < -0.39 is 0 Å². The SMILES string of the molecule is CN(C)C(CSNC=O)CSC(N)=O. The number of rotatable bonds is 7. The first kappa shape index (κ1) is 13.6. The highest BCUT2D eigenvalue weighted by molar-refractivity contribution is 8.13. The third-order valence-electron chi connectivity index (χ3n) is 1.56. The van der Waals surface area contributed by atoms with Crippen LogP contribution in [0.2, 0.25) is 0 Å². The Morgan fingerprint density at radius 3 is 2.64 bits per heavy atom. The van der Waals surface area contributed by atoms with E-state index in [2.05, 4.69) is 4.72 Å². The molecule has 0 aliphatic heterocycles. The molecule has 7 heteroatoms. The van der Waals surface area contributed by atoms with Crippen molar-refractivity contribution in [1.29, 1.82) is 0 Å². The molecule has 1 atom stereocenters. The molecule has 3 N–H and O–H groups in total. The summed E-state index contributed by atoms with van der Waals surface area (Å²) in [5.41, 5.74) is 5.02. The molecule has 2 amide bonds. The lowest BCUT2D eigenvalue weighted by Gasteiger charge is -2.22. The number of nitrogens with two attached hydrogens (primary N) is 1. The number of hydrogen-bond acceptors (Lipinski definition) is 5. The second kappa shape index (κ2) is 7.95. The lowest BCUT2D eigenvalue weighted by Crippen LogP contribution is -2.34. The Morgan fingerprint density at radius 1 is 1.57 bits per heavy atom. The molecule has 0 saturated heterocycles. The Morgan fingerprint density at radius 2 is 2.21 bits per heavy atom. The van der Waals surface area contributed by atoms with Crippen LogP contribution in [0.15, 0.2) is 0 Å². The van der Waals surface area contributed by atoms with Crippen molar-refractivity contribution in [1.82, 2.24) is 9.62 Å². The Kier molecular flexibility index (Phi) is 7.73. The van der Waals surface area contributed by atoms with Crippen LogP contribution in [0.4, 0.5) is 4.79 Å². The third kappa shape index (κ3) is 7.05. The molecule has 82 valence electrons. The van der Waals surface area contributed by atoms with Crippen molar-refractivity contribution in [3.05, 3.63) is 0 Å². The molecule has 0 bridgehead atoms. The highest BCUT2D eigenvalue weighted by atomic mass is 32.2. The van der Waals surface area contributed by atoms with Crippen molar-refractivity contribution in [3.63, 3.8) is 0 Å². The molecule has 1 unspecified atom stereocenters. The summed E-state index contributed by atoms with van der Waals surface area (Å²) in [4.78, 5) is 22.5. The van der Waals surface area contributed by atoms with E-state index in [0.717, 1.165) is 17.5 Å². The number of nitrogens with zero attached hydrogens (tertiary/aromatic N) is 1. The van der Waals surface area contributed by atoms with Gasteiger partial charge in [0, 0.05) is 17.5 Å². The molecule has 0 spiro atoms. The van der Waals surface area contributed by atoms with Gasteiger partial charge in [0.25, 0.3) is 5.24 Å². The fraction of sp³-hybridized carbons (Fsp3) is 0.714. The first-order valence-electron chi connectivity index (χ1n) is 3.97. The van der Waals surface area contributed by atoms with Gasteiger partial charge in [0.15, 0.2) is 0 Å². The van der Waals surface area contributed by atoms with Crippen molar-refractivity contribution in [2.24, 2.45) is 5.73 Å². The number of carbonyl (C=O) groups is 2. The first-order chi connectivity index (χ1) is 6.57. The van der Waals surface area contributed by atoms with E-state index in [1.807, 2.05) is 19.0 Å². The lowest BCUT2D eigenvalue weighted by atomic mass is 10.4. The van der Waals surface area contributed by atoms with Gasteiger partial charge in [-0.2, -0.15) is 0 Å². The Labute approximate surface area is 92.3 Å². The predicted molar refractivity (Wildman–Crippen MR) is 61.2 cm³/mol. The van der Waals surface area contributed by atoms with Crippen molar-refractivity contribution in [2.45, 2.75) is 6.04 Å². The molecule has 0 rings (SSSR count). The van der Waals surface area contributed by atoms with E-state index in [4.69, 9.17) is 5.73 Å². The summed E-state index contributed by atoms with van der Waals surface area (Å²) >= 11 is 2.41. The molecule has 5 nitrogen and oxygen atoms in total. The minimum Gasteiger partial charge on any atom is -0.361 e. The van der Waals surface area contributed by atoms with Gasteiger partial charge in [0.1, 0.15) is 0 Å². The predicted octanol–water partition coefficient (Wildman–Crippen LogP) is 0.123. The van der Waals surface area contributed by atoms with Gasteiger partial charge < -0.3 is 15.4 Å². The molecule has 0 aliphatic carbocycles. The summed E-state index contributed by atoms with van der Waals surface area (Å²) in [6.07, 6.45) is 0.638. The van der Waals surface area contributed by atoms with Gasteiger partial charge in [-0.25, -0.2) is 0 Å². The molecule has 0 aliphatic rings. The van der Waals surface area contributed by atoms with Crippen molar-refractivity contribution in [3.8, 4) is 0 Å². The van der Waals surface area contributed by atoms with Crippen LogP contribution in [-0.4, -0.2) is 48.2 Å². The Bertz CT molecular complexity index is 190. The number of primary amides is 1. The Balaban J connectivity index is 3.77. The number of nitrogens with one attached hydrogen (secondary N) is 1. The average molecular weight is 237 g/mol. The van der Waals surface area contributed by atoms with E-state index in [1.165, 1.54) is 11.9 Å². The van der Waals surface area contributed by atoms with Gasteiger partial charge in [-0.1, -0.05) is 11.8 Å². The second-order valence-electron chi connectivity index (χ2n) is 2.79. The van der Waals surface area contributed by atoms with Crippen LogP contribution in [0, 0.1) is 0 Å². The van der Waals surface area contributed by atoms with Gasteiger partial charge >= 0.3 is 0 Å². The first-order valence-corrected chi connectivity index (χ1v) is 5.94. The quantitative estimate of drug-likeness (QED) is 0.374. The fourth-order valence-corrected chi connectivity index (χ4v) is 2.40. The van der Waals surface area contributed by atoms with Gasteiger partial charge in [-0.15, -0.1) is 0 Å². The molecule has 0 aromatic rings. The third-order valence-corrected chi connectivity index (χ3v) is 3.21. The molecule has 0 heterocycles. The molecular formula is C7H15N3O2S2. The minimum atomic E-state index is -0.370. The number of thioether (sulfide) groups is 1. The highest BCUT2D eigenvalue weighted by Gasteiger charge is 2.12. The van der Waals surface area contributed by atoms with Crippen LogP contribution in [-0.2, 0) is 4.79 Å². The zero-order chi connectivity index (χ0) is 11.0. The normalized spacial score (nSPS) is 12.5. The maximum absolute atomic E-state index is 10.5. The van der Waals surface area contributed by atoms with Gasteiger partial charge in [0.05, 0.1) is 0 Å². The van der Waals surface area contributed by atoms with Crippen LogP contribution in [0.25, 0.3) is 0 Å². The molecule has 0 radical (unpaired) electrons. The van der Waals surface area contributed by atoms with E-state index in [9.17, 15) is 9.59 Å². The molecule has 14 heavy (non-hydrogen) atoms. The van der Waals surface area contributed by atoms with Gasteiger partial charge in [0.2, 0.25) is 6.41 Å². The molecule has 0 aromatic heterocycles. The summed E-state index contributed by atoms with van der Waals surface area (Å²) in [5, 5.41) is -0.370. The molecule has 0 aromatic carbocycles. The summed E-state index contributed by atoms with van der Waals surface area (Å²) in [6, 6.07) is 0.213. The number of carbonyl (C=O) groups excluding carboxylic acids is 2. The number of hydrogen-bond donors (Lipinski definition) is 2. The molecular weight excluding hydrogens is 222 g/mol. The number of amides is 2. The summed E-state index contributed by atoms with van der Waals surface area (Å²) in [5.74, 6) is 1.36. The van der Waals surface area contributed by atoms with E-state index in [0.29, 0.717) is 12.2 Å². The standard InChI is InChI=1S/C7H15N3O2S2/c1-10(2)6(3-13-7(8)12)4-14-9-5-11/h5-6H,3-4H2,1-2H3,(H2,8,12)(H,9,11). The lowest BCUT2D eigenvalue weighted by molar-refractivity contribution is -0.107.